The normalized spacial score (nSPS) is 16.5. The maximum absolute atomic E-state index is 14.1. The van der Waals surface area contributed by atoms with Crippen LogP contribution in [0.2, 0.25) is 0 Å². The molecule has 30 heavy (non-hydrogen) atoms. The molecule has 1 aliphatic heterocycles. The number of nitrogens with zero attached hydrogens (tertiary/aromatic N) is 1. The van der Waals surface area contributed by atoms with E-state index in [2.05, 4.69) is 4.99 Å². The molecule has 158 valence electrons. The summed E-state index contributed by atoms with van der Waals surface area (Å²) in [7, 11) is -2.83. The molecule has 0 spiro atoms. The third-order valence-electron chi connectivity index (χ3n) is 4.61. The highest BCUT2D eigenvalue weighted by molar-refractivity contribution is 7.90. The van der Waals surface area contributed by atoms with Crippen LogP contribution in [0.3, 0.4) is 0 Å². The number of halogens is 2. The maximum Gasteiger partial charge on any atom is 0.283 e. The number of methoxy groups -OCH3 is 1. The van der Waals surface area contributed by atoms with Crippen molar-refractivity contribution in [3.63, 3.8) is 0 Å². The zero-order valence-corrected chi connectivity index (χ0v) is 17.4. The van der Waals surface area contributed by atoms with Crippen LogP contribution >= 0.6 is 0 Å². The van der Waals surface area contributed by atoms with Crippen LogP contribution in [0, 0.1) is 24.5 Å². The number of carbonyl (C=O) groups is 1. The maximum atomic E-state index is 14.1. The van der Waals surface area contributed by atoms with Gasteiger partial charge in [0.25, 0.3) is 15.9 Å². The number of allylic oxidation sites excluding steroid dienone is 1. The lowest BCUT2D eigenvalue weighted by Crippen LogP contribution is -2.33. The fourth-order valence-electron chi connectivity index (χ4n) is 3.15. The number of sulfonamides is 1. The van der Waals surface area contributed by atoms with E-state index in [4.69, 9.17) is 4.74 Å². The number of aliphatic imine (C=N–C) groups is 1. The molecule has 1 atom stereocenters. The number of ether oxygens (including phenoxy) is 1. The number of aryl methyl sites for hydroxylation is 1. The summed E-state index contributed by atoms with van der Waals surface area (Å²) in [6, 6.07) is 7.87. The van der Waals surface area contributed by atoms with Gasteiger partial charge in [-0.05, 0) is 49.1 Å². The molecule has 1 heterocycles. The summed E-state index contributed by atoms with van der Waals surface area (Å²) in [6.45, 7) is 3.32. The Kier molecular flexibility index (Phi) is 6.02. The van der Waals surface area contributed by atoms with Gasteiger partial charge in [-0.2, -0.15) is 0 Å². The highest BCUT2D eigenvalue weighted by Gasteiger charge is 2.27. The van der Waals surface area contributed by atoms with E-state index >= 15 is 0 Å². The number of hydrogen-bond acceptors (Lipinski definition) is 5. The van der Waals surface area contributed by atoms with Gasteiger partial charge in [0.2, 0.25) is 0 Å². The van der Waals surface area contributed by atoms with Gasteiger partial charge in [-0.25, -0.2) is 26.9 Å². The molecule has 9 heteroatoms. The minimum absolute atomic E-state index is 0.0423. The minimum atomic E-state index is -4.23. The number of benzene rings is 2. The Labute approximate surface area is 173 Å². The first-order valence-corrected chi connectivity index (χ1v) is 10.6. The van der Waals surface area contributed by atoms with Crippen LogP contribution in [0.5, 0.6) is 5.75 Å². The first-order chi connectivity index (χ1) is 14.1. The van der Waals surface area contributed by atoms with Gasteiger partial charge in [-0.1, -0.05) is 19.1 Å². The van der Waals surface area contributed by atoms with Crippen molar-refractivity contribution >= 4 is 21.6 Å². The summed E-state index contributed by atoms with van der Waals surface area (Å²) in [5.74, 6) is -2.56. The number of hydrogen-bond donors (Lipinski definition) is 1. The SMILES string of the molecule is COc1ccc(C)c(S(=O)(=O)NC(=O)C2=CC(C)CC(c3c(F)cccc3F)=N2)c1. The van der Waals surface area contributed by atoms with E-state index in [0.717, 1.165) is 12.1 Å². The highest BCUT2D eigenvalue weighted by atomic mass is 32.2. The monoisotopic (exact) mass is 434 g/mol. The van der Waals surface area contributed by atoms with Crippen LogP contribution in [-0.4, -0.2) is 27.1 Å². The van der Waals surface area contributed by atoms with Crippen molar-refractivity contribution in [1.29, 1.82) is 0 Å². The van der Waals surface area contributed by atoms with Gasteiger partial charge in [0.1, 0.15) is 23.1 Å². The zero-order chi connectivity index (χ0) is 22.1. The molecule has 0 saturated carbocycles. The molecule has 0 saturated heterocycles. The van der Waals surface area contributed by atoms with Gasteiger partial charge < -0.3 is 4.74 Å². The summed E-state index contributed by atoms with van der Waals surface area (Å²) < 4.78 is 60.8. The number of carbonyl (C=O) groups excluding carboxylic acids is 1. The summed E-state index contributed by atoms with van der Waals surface area (Å²) in [4.78, 5) is 16.6. The first kappa shape index (κ1) is 21.6. The Morgan fingerprint density at radius 1 is 1.20 bits per heavy atom. The molecule has 1 N–H and O–H groups in total. The minimum Gasteiger partial charge on any atom is -0.497 e. The van der Waals surface area contributed by atoms with Crippen molar-refractivity contribution in [3.05, 3.63) is 70.9 Å². The summed E-state index contributed by atoms with van der Waals surface area (Å²) >= 11 is 0. The second-order valence-corrected chi connectivity index (χ2v) is 8.61. The standard InChI is InChI=1S/C21H20F2N2O4S/c1-12-9-17(20-15(22)5-4-6-16(20)23)24-18(10-12)21(26)25-30(27,28)19-11-14(29-3)8-7-13(19)2/h4-8,10-12H,9H2,1-3H3,(H,25,26). The molecule has 2 aromatic carbocycles. The lowest BCUT2D eigenvalue weighted by molar-refractivity contribution is -0.115. The lowest BCUT2D eigenvalue weighted by Gasteiger charge is -2.19. The van der Waals surface area contributed by atoms with Crippen molar-refractivity contribution < 1.29 is 26.7 Å². The van der Waals surface area contributed by atoms with Crippen LogP contribution in [-0.2, 0) is 14.8 Å². The quantitative estimate of drug-likeness (QED) is 0.781. The van der Waals surface area contributed by atoms with Gasteiger partial charge >= 0.3 is 0 Å². The highest BCUT2D eigenvalue weighted by Crippen LogP contribution is 2.26. The number of amides is 1. The molecule has 6 nitrogen and oxygen atoms in total. The lowest BCUT2D eigenvalue weighted by atomic mass is 9.94. The molecule has 0 fully saturated rings. The molecule has 1 amide bonds. The molecule has 0 aliphatic carbocycles. The van der Waals surface area contributed by atoms with Gasteiger partial charge in [0.05, 0.1) is 23.3 Å². The zero-order valence-electron chi connectivity index (χ0n) is 16.6. The third kappa shape index (κ3) is 4.40. The number of rotatable bonds is 5. The average molecular weight is 434 g/mol. The molecule has 1 unspecified atom stereocenters. The largest absolute Gasteiger partial charge is 0.497 e. The number of nitrogens with one attached hydrogen (secondary N) is 1. The van der Waals surface area contributed by atoms with Crippen molar-refractivity contribution in [1.82, 2.24) is 4.72 Å². The first-order valence-electron chi connectivity index (χ1n) is 9.08. The van der Waals surface area contributed by atoms with Crippen LogP contribution in [0.1, 0.15) is 24.5 Å². The molecule has 2 aromatic rings. The second kappa shape index (κ2) is 8.35. The van der Waals surface area contributed by atoms with Crippen LogP contribution in [0.4, 0.5) is 8.78 Å². The van der Waals surface area contributed by atoms with E-state index in [-0.39, 0.29) is 34.2 Å². The second-order valence-electron chi connectivity index (χ2n) is 6.95. The Bertz CT molecular complexity index is 1150. The predicted molar refractivity (Wildman–Crippen MR) is 108 cm³/mol. The van der Waals surface area contributed by atoms with Crippen LogP contribution in [0.15, 0.2) is 58.1 Å². The average Bonchev–Trinajstić information content (AvgIpc) is 2.67. The van der Waals surface area contributed by atoms with Gasteiger partial charge in [0.15, 0.2) is 0 Å². The Balaban J connectivity index is 1.94. The van der Waals surface area contributed by atoms with Gasteiger partial charge in [-0.15, -0.1) is 0 Å². The predicted octanol–water partition coefficient (Wildman–Crippen LogP) is 3.50. The Hall–Kier alpha value is -3.07. The molecule has 3 rings (SSSR count). The van der Waals surface area contributed by atoms with Gasteiger partial charge in [-0.3, -0.25) is 4.79 Å². The molecular formula is C21H20F2N2O4S. The van der Waals surface area contributed by atoms with Crippen molar-refractivity contribution in [3.8, 4) is 5.75 Å². The fraction of sp³-hybridized carbons (Fsp3) is 0.238. The van der Waals surface area contributed by atoms with Crippen molar-refractivity contribution in [2.45, 2.75) is 25.2 Å². The fourth-order valence-corrected chi connectivity index (χ4v) is 4.37. The summed E-state index contributed by atoms with van der Waals surface area (Å²) in [5.41, 5.74) is -0.0924. The smallest absolute Gasteiger partial charge is 0.283 e. The van der Waals surface area contributed by atoms with E-state index in [1.165, 1.54) is 25.3 Å². The van der Waals surface area contributed by atoms with E-state index in [1.54, 1.807) is 26.0 Å². The molecule has 1 aliphatic rings. The third-order valence-corrected chi connectivity index (χ3v) is 6.08. The molecule has 0 aromatic heterocycles. The van der Waals surface area contributed by atoms with Gasteiger partial charge in [0, 0.05) is 6.07 Å². The Morgan fingerprint density at radius 3 is 2.50 bits per heavy atom. The Morgan fingerprint density at radius 2 is 1.87 bits per heavy atom. The van der Waals surface area contributed by atoms with Crippen LogP contribution < -0.4 is 9.46 Å². The van der Waals surface area contributed by atoms with E-state index in [0.29, 0.717) is 11.3 Å². The summed E-state index contributed by atoms with van der Waals surface area (Å²) in [5, 5.41) is 0. The molecular weight excluding hydrogens is 414 g/mol. The molecule has 0 radical (unpaired) electrons. The van der Waals surface area contributed by atoms with E-state index in [9.17, 15) is 22.0 Å². The van der Waals surface area contributed by atoms with Crippen LogP contribution in [0.25, 0.3) is 0 Å². The topological polar surface area (TPSA) is 84.8 Å². The summed E-state index contributed by atoms with van der Waals surface area (Å²) in [6.07, 6.45) is 1.67. The van der Waals surface area contributed by atoms with Crippen molar-refractivity contribution in [2.24, 2.45) is 10.9 Å². The van der Waals surface area contributed by atoms with Crippen molar-refractivity contribution in [2.75, 3.05) is 7.11 Å². The van der Waals surface area contributed by atoms with E-state index < -0.39 is 27.6 Å². The molecule has 0 bridgehead atoms. The van der Waals surface area contributed by atoms with E-state index in [1.807, 2.05) is 4.72 Å².